The van der Waals surface area contributed by atoms with E-state index in [1.54, 1.807) is 32.6 Å². The highest BCUT2D eigenvalue weighted by Crippen LogP contribution is 2.26. The molecule has 0 saturated carbocycles. The fraction of sp³-hybridized carbons (Fsp3) is 0.250. The lowest BCUT2D eigenvalue weighted by molar-refractivity contribution is -0.121. The molecule has 0 bridgehead atoms. The number of hydrogen-bond donors (Lipinski definition) is 1. The summed E-state index contributed by atoms with van der Waals surface area (Å²) in [5, 5.41) is 4.01. The first-order valence-electron chi connectivity index (χ1n) is 8.58. The lowest BCUT2D eigenvalue weighted by atomic mass is 10.2. The number of benzene rings is 2. The zero-order valence-electron chi connectivity index (χ0n) is 15.6. The van der Waals surface area contributed by atoms with Gasteiger partial charge in [0.15, 0.2) is 11.5 Å². The zero-order valence-corrected chi connectivity index (χ0v) is 15.6. The van der Waals surface area contributed by atoms with Crippen LogP contribution >= 0.6 is 0 Å². The maximum Gasteiger partial charge on any atom is 0.241 e. The third-order valence-corrected chi connectivity index (χ3v) is 4.22. The van der Waals surface area contributed by atoms with Crippen LogP contribution in [-0.2, 0) is 11.3 Å². The molecule has 2 aromatic carbocycles. The summed E-state index contributed by atoms with van der Waals surface area (Å²) in [5.41, 5.74) is 5.30. The van der Waals surface area contributed by atoms with Crippen LogP contribution in [0.25, 0.3) is 11.0 Å². The van der Waals surface area contributed by atoms with Gasteiger partial charge in [-0.1, -0.05) is 12.1 Å². The Morgan fingerprint density at radius 2 is 1.96 bits per heavy atom. The Morgan fingerprint density at radius 3 is 2.74 bits per heavy atom. The van der Waals surface area contributed by atoms with Gasteiger partial charge in [-0.2, -0.15) is 5.10 Å². The van der Waals surface area contributed by atoms with Crippen LogP contribution in [0.1, 0.15) is 17.8 Å². The Kier molecular flexibility index (Phi) is 5.71. The Labute approximate surface area is 157 Å². The molecule has 0 spiro atoms. The van der Waals surface area contributed by atoms with Crippen LogP contribution in [0.15, 0.2) is 47.6 Å². The van der Waals surface area contributed by atoms with Gasteiger partial charge in [0.1, 0.15) is 5.82 Å². The van der Waals surface area contributed by atoms with Gasteiger partial charge in [0.05, 0.1) is 31.5 Å². The average molecular weight is 366 g/mol. The number of nitrogens with zero attached hydrogens (tertiary/aromatic N) is 3. The lowest BCUT2D eigenvalue weighted by Gasteiger charge is -2.07. The molecule has 27 heavy (non-hydrogen) atoms. The fourth-order valence-electron chi connectivity index (χ4n) is 2.86. The quantitative estimate of drug-likeness (QED) is 0.515. The van der Waals surface area contributed by atoms with Crippen molar-refractivity contribution in [2.24, 2.45) is 5.10 Å². The van der Waals surface area contributed by atoms with Crippen molar-refractivity contribution in [1.82, 2.24) is 15.0 Å². The van der Waals surface area contributed by atoms with Crippen molar-refractivity contribution in [1.29, 1.82) is 0 Å². The van der Waals surface area contributed by atoms with Crippen LogP contribution in [-0.4, -0.2) is 35.9 Å². The van der Waals surface area contributed by atoms with Crippen LogP contribution in [0.3, 0.4) is 0 Å². The molecule has 1 amide bonds. The number of hydrogen-bond acceptors (Lipinski definition) is 5. The normalized spacial score (nSPS) is 11.1. The molecule has 3 rings (SSSR count). The number of imidazole rings is 1. The second kappa shape index (κ2) is 8.35. The molecule has 1 N–H and O–H groups in total. The number of aryl methyl sites for hydroxylation is 2. The molecule has 0 saturated heterocycles. The third-order valence-electron chi connectivity index (χ3n) is 4.22. The van der Waals surface area contributed by atoms with Crippen LogP contribution in [0.4, 0.5) is 0 Å². The van der Waals surface area contributed by atoms with E-state index < -0.39 is 0 Å². The van der Waals surface area contributed by atoms with Crippen LogP contribution in [0, 0.1) is 6.92 Å². The van der Waals surface area contributed by atoms with E-state index in [0.29, 0.717) is 24.5 Å². The first-order valence-corrected chi connectivity index (χ1v) is 8.58. The number of nitrogens with one attached hydrogen (secondary N) is 1. The van der Waals surface area contributed by atoms with Crippen molar-refractivity contribution in [3.63, 3.8) is 0 Å². The summed E-state index contributed by atoms with van der Waals surface area (Å²) in [7, 11) is 3.15. The summed E-state index contributed by atoms with van der Waals surface area (Å²) in [6, 6.07) is 13.3. The highest BCUT2D eigenvalue weighted by atomic mass is 16.5. The Bertz CT molecular complexity index is 979. The number of hydrazone groups is 1. The SMILES string of the molecule is COc1ccc(/C=N\NC(=O)CCn2c(C)nc3ccccc32)cc1OC. The molecule has 0 aliphatic heterocycles. The van der Waals surface area contributed by atoms with Gasteiger partial charge in [-0.05, 0) is 42.8 Å². The van der Waals surface area contributed by atoms with Crippen molar-refractivity contribution in [2.45, 2.75) is 19.9 Å². The molecule has 1 aromatic heterocycles. The largest absolute Gasteiger partial charge is 0.493 e. The number of fused-ring (bicyclic) bond motifs is 1. The maximum absolute atomic E-state index is 12.1. The van der Waals surface area contributed by atoms with E-state index in [4.69, 9.17) is 9.47 Å². The molecule has 1 heterocycles. The van der Waals surface area contributed by atoms with Crippen LogP contribution in [0.2, 0.25) is 0 Å². The van der Waals surface area contributed by atoms with Gasteiger partial charge in [-0.3, -0.25) is 4.79 Å². The Balaban J connectivity index is 1.58. The van der Waals surface area contributed by atoms with Crippen molar-refractivity contribution in [2.75, 3.05) is 14.2 Å². The van der Waals surface area contributed by atoms with Gasteiger partial charge in [-0.25, -0.2) is 10.4 Å². The molecule has 0 aliphatic carbocycles. The van der Waals surface area contributed by atoms with Crippen molar-refractivity contribution >= 4 is 23.2 Å². The third kappa shape index (κ3) is 4.25. The van der Waals surface area contributed by atoms with Gasteiger partial charge >= 0.3 is 0 Å². The summed E-state index contributed by atoms with van der Waals surface area (Å²) >= 11 is 0. The van der Waals surface area contributed by atoms with Gasteiger partial charge < -0.3 is 14.0 Å². The molecule has 0 unspecified atom stereocenters. The molecule has 0 fully saturated rings. The molecular weight excluding hydrogens is 344 g/mol. The average Bonchev–Trinajstić information content (AvgIpc) is 3.01. The van der Waals surface area contributed by atoms with E-state index in [0.717, 1.165) is 22.4 Å². The summed E-state index contributed by atoms with van der Waals surface area (Å²) in [5.74, 6) is 1.97. The molecule has 0 radical (unpaired) electrons. The smallest absolute Gasteiger partial charge is 0.241 e. The van der Waals surface area contributed by atoms with Gasteiger partial charge in [-0.15, -0.1) is 0 Å². The number of methoxy groups -OCH3 is 2. The minimum Gasteiger partial charge on any atom is -0.493 e. The first-order chi connectivity index (χ1) is 13.1. The monoisotopic (exact) mass is 366 g/mol. The maximum atomic E-state index is 12.1. The second-order valence-electron chi connectivity index (χ2n) is 5.96. The van der Waals surface area contributed by atoms with Crippen LogP contribution < -0.4 is 14.9 Å². The molecule has 3 aromatic rings. The number of amides is 1. The van der Waals surface area contributed by atoms with E-state index in [9.17, 15) is 4.79 Å². The first kappa shape index (κ1) is 18.4. The van der Waals surface area contributed by atoms with Crippen molar-refractivity contribution < 1.29 is 14.3 Å². The van der Waals surface area contributed by atoms with Gasteiger partial charge in [0.25, 0.3) is 0 Å². The summed E-state index contributed by atoms with van der Waals surface area (Å²) in [4.78, 5) is 16.6. The zero-order chi connectivity index (χ0) is 19.2. The Morgan fingerprint density at radius 1 is 1.19 bits per heavy atom. The standard InChI is InChI=1S/C20H22N4O3/c1-14-22-16-6-4-5-7-17(16)24(14)11-10-20(25)23-21-13-15-8-9-18(26-2)19(12-15)27-3/h4-9,12-13H,10-11H2,1-3H3,(H,23,25)/b21-13-. The summed E-state index contributed by atoms with van der Waals surface area (Å²) < 4.78 is 12.5. The minimum atomic E-state index is -0.163. The van der Waals surface area contributed by atoms with E-state index in [1.165, 1.54) is 0 Å². The Hall–Kier alpha value is -3.35. The highest BCUT2D eigenvalue weighted by Gasteiger charge is 2.08. The van der Waals surface area contributed by atoms with E-state index >= 15 is 0 Å². The predicted molar refractivity (Wildman–Crippen MR) is 104 cm³/mol. The fourth-order valence-corrected chi connectivity index (χ4v) is 2.86. The number of aromatic nitrogens is 2. The van der Waals surface area contributed by atoms with Gasteiger partial charge in [0, 0.05) is 13.0 Å². The molecule has 0 atom stereocenters. The number of carbonyl (C=O) groups is 1. The molecule has 7 heteroatoms. The lowest BCUT2D eigenvalue weighted by Crippen LogP contribution is -2.19. The number of ether oxygens (including phenoxy) is 2. The van der Waals surface area contributed by atoms with E-state index in [-0.39, 0.29) is 5.91 Å². The molecule has 0 aliphatic rings. The molecule has 7 nitrogen and oxygen atoms in total. The van der Waals surface area contributed by atoms with Crippen LogP contribution in [0.5, 0.6) is 11.5 Å². The summed E-state index contributed by atoms with van der Waals surface area (Å²) in [6.45, 7) is 2.48. The minimum absolute atomic E-state index is 0.163. The van der Waals surface area contributed by atoms with E-state index in [1.807, 2.05) is 41.8 Å². The second-order valence-corrected chi connectivity index (χ2v) is 5.96. The highest BCUT2D eigenvalue weighted by molar-refractivity contribution is 5.83. The molecule has 140 valence electrons. The van der Waals surface area contributed by atoms with Crippen molar-refractivity contribution in [3.05, 3.63) is 53.9 Å². The number of rotatable bonds is 7. The predicted octanol–water partition coefficient (Wildman–Crippen LogP) is 2.90. The topological polar surface area (TPSA) is 77.7 Å². The number of carbonyl (C=O) groups excluding carboxylic acids is 1. The molecular formula is C20H22N4O3. The van der Waals surface area contributed by atoms with Crippen molar-refractivity contribution in [3.8, 4) is 11.5 Å². The number of para-hydroxylation sites is 2. The van der Waals surface area contributed by atoms with Gasteiger partial charge in [0.2, 0.25) is 5.91 Å². The summed E-state index contributed by atoms with van der Waals surface area (Å²) in [6.07, 6.45) is 1.88. The van der Waals surface area contributed by atoms with E-state index in [2.05, 4.69) is 15.5 Å².